The average molecular weight is 347 g/mol. The molecule has 3 nitrogen and oxygen atoms in total. The second-order valence-electron chi connectivity index (χ2n) is 6.53. The van der Waals surface area contributed by atoms with E-state index in [1.807, 2.05) is 18.2 Å². The van der Waals surface area contributed by atoms with Gasteiger partial charge in [0.15, 0.2) is 11.5 Å². The van der Waals surface area contributed by atoms with E-state index in [0.717, 1.165) is 24.8 Å². The first kappa shape index (κ1) is 21.3. The number of carbonyl (C=O) groups is 1. The van der Waals surface area contributed by atoms with Crippen molar-refractivity contribution in [3.8, 4) is 11.5 Å². The fraction of sp³-hybridized carbons (Fsp3) is 0.591. The van der Waals surface area contributed by atoms with E-state index in [9.17, 15) is 4.79 Å². The summed E-state index contributed by atoms with van der Waals surface area (Å²) in [4.78, 5) is 12.0. The van der Waals surface area contributed by atoms with Gasteiger partial charge in [-0.2, -0.15) is 0 Å². The molecule has 0 amide bonds. The number of allylic oxidation sites excluding steroid dienone is 1. The van der Waals surface area contributed by atoms with Crippen LogP contribution in [0.15, 0.2) is 30.9 Å². The standard InChI is InChI=1S/C22H34O3/c1-4-6-7-8-9-10-11-12-13-15-22(23)25-20-17-16-19(14-5-2)18-21(20)24-3/h5,16-18H,2,4,6-15H2,1,3H3. The highest BCUT2D eigenvalue weighted by atomic mass is 16.6. The van der Waals surface area contributed by atoms with Crippen LogP contribution < -0.4 is 9.47 Å². The number of unbranched alkanes of at least 4 members (excludes halogenated alkanes) is 8. The molecule has 0 N–H and O–H groups in total. The highest BCUT2D eigenvalue weighted by Gasteiger charge is 2.10. The first-order chi connectivity index (χ1) is 12.2. The van der Waals surface area contributed by atoms with Crippen molar-refractivity contribution in [3.63, 3.8) is 0 Å². The summed E-state index contributed by atoms with van der Waals surface area (Å²) in [5, 5.41) is 0. The largest absolute Gasteiger partial charge is 0.493 e. The van der Waals surface area contributed by atoms with Crippen molar-refractivity contribution in [3.05, 3.63) is 36.4 Å². The van der Waals surface area contributed by atoms with Crippen LogP contribution in [0.4, 0.5) is 0 Å². The third-order valence-electron chi connectivity index (χ3n) is 4.32. The van der Waals surface area contributed by atoms with Gasteiger partial charge in [-0.1, -0.05) is 70.4 Å². The maximum Gasteiger partial charge on any atom is 0.311 e. The summed E-state index contributed by atoms with van der Waals surface area (Å²) in [6.45, 7) is 5.97. The maximum absolute atomic E-state index is 12.0. The first-order valence-electron chi connectivity index (χ1n) is 9.69. The summed E-state index contributed by atoms with van der Waals surface area (Å²) < 4.78 is 10.8. The highest BCUT2D eigenvalue weighted by molar-refractivity contribution is 5.73. The van der Waals surface area contributed by atoms with E-state index >= 15 is 0 Å². The molecule has 0 aliphatic carbocycles. The molecule has 0 aromatic heterocycles. The number of benzene rings is 1. The van der Waals surface area contributed by atoms with E-state index in [0.29, 0.717) is 17.9 Å². The Kier molecular flexibility index (Phi) is 11.5. The third-order valence-corrected chi connectivity index (χ3v) is 4.32. The molecule has 0 bridgehead atoms. The van der Waals surface area contributed by atoms with E-state index < -0.39 is 0 Å². The molecular weight excluding hydrogens is 312 g/mol. The van der Waals surface area contributed by atoms with Crippen LogP contribution in [-0.4, -0.2) is 13.1 Å². The van der Waals surface area contributed by atoms with Crippen molar-refractivity contribution >= 4 is 5.97 Å². The van der Waals surface area contributed by atoms with Gasteiger partial charge in [-0.3, -0.25) is 4.79 Å². The van der Waals surface area contributed by atoms with Crippen LogP contribution in [-0.2, 0) is 11.2 Å². The molecule has 3 heteroatoms. The van der Waals surface area contributed by atoms with Gasteiger partial charge in [0.1, 0.15) is 0 Å². The highest BCUT2D eigenvalue weighted by Crippen LogP contribution is 2.28. The maximum atomic E-state index is 12.0. The summed E-state index contributed by atoms with van der Waals surface area (Å²) in [5.41, 5.74) is 1.09. The predicted octanol–water partition coefficient (Wildman–Crippen LogP) is 6.25. The molecule has 0 fully saturated rings. The Morgan fingerprint density at radius 1 is 1.00 bits per heavy atom. The number of rotatable bonds is 14. The van der Waals surface area contributed by atoms with Crippen LogP contribution in [0, 0.1) is 0 Å². The fourth-order valence-corrected chi connectivity index (χ4v) is 2.84. The normalized spacial score (nSPS) is 10.5. The smallest absolute Gasteiger partial charge is 0.311 e. The number of methoxy groups -OCH3 is 1. The SMILES string of the molecule is C=CCc1ccc(OC(=O)CCCCCCCCCCC)c(OC)c1. The summed E-state index contributed by atoms with van der Waals surface area (Å²) in [7, 11) is 1.59. The van der Waals surface area contributed by atoms with Crippen LogP contribution in [0.3, 0.4) is 0 Å². The monoisotopic (exact) mass is 346 g/mol. The molecule has 0 unspecified atom stereocenters. The van der Waals surface area contributed by atoms with Crippen LogP contribution >= 0.6 is 0 Å². The van der Waals surface area contributed by atoms with Crippen LogP contribution in [0.1, 0.15) is 76.7 Å². The minimum Gasteiger partial charge on any atom is -0.493 e. The third kappa shape index (κ3) is 9.33. The summed E-state index contributed by atoms with van der Waals surface area (Å²) in [6.07, 6.45) is 14.2. The molecule has 0 saturated carbocycles. The lowest BCUT2D eigenvalue weighted by atomic mass is 10.1. The van der Waals surface area contributed by atoms with Crippen molar-refractivity contribution in [2.45, 2.75) is 77.6 Å². The lowest BCUT2D eigenvalue weighted by molar-refractivity contribution is -0.134. The Morgan fingerprint density at radius 3 is 2.24 bits per heavy atom. The van der Waals surface area contributed by atoms with Gasteiger partial charge in [0.25, 0.3) is 0 Å². The molecule has 0 saturated heterocycles. The zero-order chi connectivity index (χ0) is 18.3. The quantitative estimate of drug-likeness (QED) is 0.173. The van der Waals surface area contributed by atoms with Crippen molar-refractivity contribution < 1.29 is 14.3 Å². The van der Waals surface area contributed by atoms with Crippen molar-refractivity contribution in [1.82, 2.24) is 0 Å². The summed E-state index contributed by atoms with van der Waals surface area (Å²) in [6, 6.07) is 5.63. The number of esters is 1. The Bertz CT molecular complexity index is 508. The number of hydrogen-bond donors (Lipinski definition) is 0. The molecule has 1 aromatic rings. The van der Waals surface area contributed by atoms with Crippen LogP contribution in [0.5, 0.6) is 11.5 Å². The van der Waals surface area contributed by atoms with Gasteiger partial charge in [-0.05, 0) is 30.5 Å². The minimum atomic E-state index is -0.183. The Labute approximate surface area is 153 Å². The van der Waals surface area contributed by atoms with E-state index in [1.165, 1.54) is 44.9 Å². The van der Waals surface area contributed by atoms with Crippen molar-refractivity contribution in [2.75, 3.05) is 7.11 Å². The Morgan fingerprint density at radius 2 is 1.64 bits per heavy atom. The van der Waals surface area contributed by atoms with E-state index in [-0.39, 0.29) is 5.97 Å². The molecule has 1 aromatic carbocycles. The average Bonchev–Trinajstić information content (AvgIpc) is 2.61. The summed E-state index contributed by atoms with van der Waals surface area (Å²) in [5.74, 6) is 0.911. The fourth-order valence-electron chi connectivity index (χ4n) is 2.84. The molecule has 0 heterocycles. The molecule has 1 rings (SSSR count). The number of carbonyl (C=O) groups excluding carboxylic acids is 1. The van der Waals surface area contributed by atoms with Gasteiger partial charge in [-0.25, -0.2) is 0 Å². The van der Waals surface area contributed by atoms with Gasteiger partial charge in [0.2, 0.25) is 0 Å². The molecule has 140 valence electrons. The van der Waals surface area contributed by atoms with Gasteiger partial charge >= 0.3 is 5.97 Å². The molecule has 0 aliphatic heterocycles. The van der Waals surface area contributed by atoms with E-state index in [1.54, 1.807) is 13.2 Å². The first-order valence-corrected chi connectivity index (χ1v) is 9.69. The lowest BCUT2D eigenvalue weighted by Crippen LogP contribution is -2.08. The van der Waals surface area contributed by atoms with Gasteiger partial charge in [0, 0.05) is 6.42 Å². The number of hydrogen-bond acceptors (Lipinski definition) is 3. The second-order valence-corrected chi connectivity index (χ2v) is 6.53. The Balaban J connectivity index is 2.22. The lowest BCUT2D eigenvalue weighted by Gasteiger charge is -2.10. The Hall–Kier alpha value is -1.77. The van der Waals surface area contributed by atoms with Gasteiger partial charge in [-0.15, -0.1) is 6.58 Å². The zero-order valence-corrected chi connectivity index (χ0v) is 16.0. The van der Waals surface area contributed by atoms with Gasteiger partial charge < -0.3 is 9.47 Å². The van der Waals surface area contributed by atoms with Crippen LogP contribution in [0.2, 0.25) is 0 Å². The molecule has 0 aliphatic rings. The number of ether oxygens (including phenoxy) is 2. The molecular formula is C22H34O3. The van der Waals surface area contributed by atoms with Gasteiger partial charge in [0.05, 0.1) is 7.11 Å². The molecule has 0 spiro atoms. The predicted molar refractivity (Wildman–Crippen MR) is 104 cm³/mol. The van der Waals surface area contributed by atoms with E-state index in [2.05, 4.69) is 13.5 Å². The van der Waals surface area contributed by atoms with Crippen LogP contribution in [0.25, 0.3) is 0 Å². The van der Waals surface area contributed by atoms with Crippen molar-refractivity contribution in [2.24, 2.45) is 0 Å². The minimum absolute atomic E-state index is 0.183. The summed E-state index contributed by atoms with van der Waals surface area (Å²) >= 11 is 0. The molecule has 0 radical (unpaired) electrons. The topological polar surface area (TPSA) is 35.5 Å². The second kappa shape index (κ2) is 13.5. The van der Waals surface area contributed by atoms with Crippen molar-refractivity contribution in [1.29, 1.82) is 0 Å². The van der Waals surface area contributed by atoms with E-state index in [4.69, 9.17) is 9.47 Å². The molecule has 25 heavy (non-hydrogen) atoms. The molecule has 0 atom stereocenters. The zero-order valence-electron chi connectivity index (χ0n) is 16.0.